The third-order valence-corrected chi connectivity index (χ3v) is 4.99. The van der Waals surface area contributed by atoms with Gasteiger partial charge in [0.05, 0.1) is 12.0 Å². The van der Waals surface area contributed by atoms with Crippen LogP contribution in [0.5, 0.6) is 11.5 Å². The van der Waals surface area contributed by atoms with Crippen molar-refractivity contribution >= 4 is 17.8 Å². The van der Waals surface area contributed by atoms with Crippen LogP contribution in [-0.2, 0) is 4.79 Å². The number of rotatable bonds is 2. The van der Waals surface area contributed by atoms with Crippen LogP contribution >= 0.6 is 0 Å². The average Bonchev–Trinajstić information content (AvgIpc) is 3.04. The van der Waals surface area contributed by atoms with Crippen LogP contribution in [0.1, 0.15) is 39.4 Å². The van der Waals surface area contributed by atoms with Gasteiger partial charge in [0.1, 0.15) is 11.5 Å². The Morgan fingerprint density at radius 1 is 0.929 bits per heavy atom. The number of hydrogen-bond donors (Lipinski definition) is 0. The zero-order valence-electron chi connectivity index (χ0n) is 14.8. The molecule has 1 atom stereocenters. The molecule has 0 aliphatic carbocycles. The van der Waals surface area contributed by atoms with Gasteiger partial charge in [-0.3, -0.25) is 14.6 Å². The lowest BCUT2D eigenvalue weighted by Gasteiger charge is -2.26. The van der Waals surface area contributed by atoms with E-state index in [0.29, 0.717) is 17.1 Å². The van der Waals surface area contributed by atoms with Gasteiger partial charge in [-0.25, -0.2) is 0 Å². The van der Waals surface area contributed by atoms with Crippen molar-refractivity contribution in [2.24, 2.45) is 0 Å². The number of Topliss-reactive ketones (excluding diaryl/α,β-unsaturated/α-hetero) is 1. The standard InChI is InChI=1S/C23H15NO4/c25-20-13-17(15-8-10-24-11-9-15)21-18(27-20)7-6-16-22(26)19(28-23(16)21)12-14-4-2-1-3-5-14/h1-12,17H,13H2/b19-12-/t17-/m0/s1. The first-order chi connectivity index (χ1) is 13.7. The summed E-state index contributed by atoms with van der Waals surface area (Å²) < 4.78 is 11.4. The minimum absolute atomic E-state index is 0.174. The fraction of sp³-hybridized carbons (Fsp3) is 0.0870. The third-order valence-electron chi connectivity index (χ3n) is 4.99. The third kappa shape index (κ3) is 2.68. The summed E-state index contributed by atoms with van der Waals surface area (Å²) in [5.74, 6) is 0.438. The minimum Gasteiger partial charge on any atom is -0.452 e. The molecule has 0 unspecified atom stereocenters. The van der Waals surface area contributed by atoms with Gasteiger partial charge in [0.15, 0.2) is 5.76 Å². The Hall–Kier alpha value is -3.73. The zero-order valence-corrected chi connectivity index (χ0v) is 14.8. The molecule has 0 N–H and O–H groups in total. The molecule has 5 nitrogen and oxygen atoms in total. The summed E-state index contributed by atoms with van der Waals surface area (Å²) in [6.07, 6.45) is 5.28. The quantitative estimate of drug-likeness (QED) is 0.386. The Labute approximate surface area is 161 Å². The summed E-state index contributed by atoms with van der Waals surface area (Å²) >= 11 is 0. The summed E-state index contributed by atoms with van der Waals surface area (Å²) in [5.41, 5.74) is 3.02. The second-order valence-electron chi connectivity index (χ2n) is 6.72. The number of nitrogens with zero attached hydrogens (tertiary/aromatic N) is 1. The fourth-order valence-electron chi connectivity index (χ4n) is 3.69. The van der Waals surface area contributed by atoms with Gasteiger partial charge in [0.25, 0.3) is 0 Å². The van der Waals surface area contributed by atoms with Gasteiger partial charge in [-0.05, 0) is 41.5 Å². The normalized spacial score (nSPS) is 19.0. The topological polar surface area (TPSA) is 65.5 Å². The summed E-state index contributed by atoms with van der Waals surface area (Å²) in [4.78, 5) is 29.1. The maximum atomic E-state index is 12.9. The summed E-state index contributed by atoms with van der Waals surface area (Å²) in [7, 11) is 0. The molecule has 0 saturated heterocycles. The molecule has 0 bridgehead atoms. The number of fused-ring (bicyclic) bond motifs is 3. The molecule has 1 aromatic heterocycles. The summed E-state index contributed by atoms with van der Waals surface area (Å²) in [6, 6.07) is 16.6. The molecule has 2 aliphatic rings. The highest BCUT2D eigenvalue weighted by atomic mass is 16.5. The van der Waals surface area contributed by atoms with Crippen LogP contribution in [0.3, 0.4) is 0 Å². The van der Waals surface area contributed by atoms with E-state index in [0.717, 1.165) is 16.7 Å². The Kier molecular flexibility index (Phi) is 3.79. The first kappa shape index (κ1) is 16.4. The van der Waals surface area contributed by atoms with Gasteiger partial charge < -0.3 is 9.47 Å². The Bertz CT molecular complexity index is 1120. The van der Waals surface area contributed by atoms with Crippen molar-refractivity contribution in [1.29, 1.82) is 0 Å². The van der Waals surface area contributed by atoms with Crippen molar-refractivity contribution in [1.82, 2.24) is 4.98 Å². The fourth-order valence-corrected chi connectivity index (χ4v) is 3.69. The van der Waals surface area contributed by atoms with Crippen molar-refractivity contribution in [2.75, 3.05) is 0 Å². The van der Waals surface area contributed by atoms with Crippen molar-refractivity contribution < 1.29 is 19.1 Å². The van der Waals surface area contributed by atoms with E-state index in [2.05, 4.69) is 4.98 Å². The molecule has 0 fully saturated rings. The van der Waals surface area contributed by atoms with E-state index in [9.17, 15) is 9.59 Å². The smallest absolute Gasteiger partial charge is 0.312 e. The molecule has 3 heterocycles. The van der Waals surface area contributed by atoms with Gasteiger partial charge in [-0.15, -0.1) is 0 Å². The molecule has 5 rings (SSSR count). The first-order valence-electron chi connectivity index (χ1n) is 8.97. The highest BCUT2D eigenvalue weighted by Crippen LogP contribution is 2.48. The van der Waals surface area contributed by atoms with Crippen LogP contribution in [0.2, 0.25) is 0 Å². The van der Waals surface area contributed by atoms with E-state index >= 15 is 0 Å². The van der Waals surface area contributed by atoms with Crippen LogP contribution in [0.15, 0.2) is 72.8 Å². The second kappa shape index (κ2) is 6.46. The van der Waals surface area contributed by atoms with E-state index in [1.165, 1.54) is 0 Å². The van der Waals surface area contributed by atoms with Crippen molar-refractivity contribution in [3.63, 3.8) is 0 Å². The number of aromatic nitrogens is 1. The first-order valence-corrected chi connectivity index (χ1v) is 8.97. The lowest BCUT2D eigenvalue weighted by atomic mass is 9.85. The molecule has 0 radical (unpaired) electrons. The number of ketones is 1. The molecule has 5 heteroatoms. The van der Waals surface area contributed by atoms with E-state index in [1.54, 1.807) is 30.6 Å². The molecular weight excluding hydrogens is 354 g/mol. The number of benzene rings is 2. The SMILES string of the molecule is O=C1C[C@@H](c2ccncc2)c2c(ccc3c2O/C(=C\c2ccccc2)C3=O)O1. The molecule has 3 aromatic rings. The lowest BCUT2D eigenvalue weighted by molar-refractivity contribution is -0.135. The highest BCUT2D eigenvalue weighted by molar-refractivity contribution is 6.15. The molecule has 2 aromatic carbocycles. The molecular formula is C23H15NO4. The molecule has 28 heavy (non-hydrogen) atoms. The zero-order chi connectivity index (χ0) is 19.1. The average molecular weight is 369 g/mol. The largest absolute Gasteiger partial charge is 0.452 e. The van der Waals surface area contributed by atoms with E-state index < -0.39 is 0 Å². The van der Waals surface area contributed by atoms with Gasteiger partial charge in [0.2, 0.25) is 5.78 Å². The van der Waals surface area contributed by atoms with E-state index in [1.807, 2.05) is 42.5 Å². The van der Waals surface area contributed by atoms with Crippen molar-refractivity contribution in [3.05, 3.63) is 95.0 Å². The molecule has 136 valence electrons. The van der Waals surface area contributed by atoms with E-state index in [4.69, 9.17) is 9.47 Å². The summed E-state index contributed by atoms with van der Waals surface area (Å²) in [6.45, 7) is 0. The van der Waals surface area contributed by atoms with Crippen molar-refractivity contribution in [2.45, 2.75) is 12.3 Å². The van der Waals surface area contributed by atoms with Crippen LogP contribution in [0, 0.1) is 0 Å². The molecule has 2 aliphatic heterocycles. The van der Waals surface area contributed by atoms with E-state index in [-0.39, 0.29) is 29.9 Å². The molecule has 0 spiro atoms. The number of carbonyl (C=O) groups is 2. The Balaban J connectivity index is 1.63. The van der Waals surface area contributed by atoms with Crippen LogP contribution in [0.25, 0.3) is 6.08 Å². The van der Waals surface area contributed by atoms with Gasteiger partial charge in [-0.1, -0.05) is 30.3 Å². The predicted octanol–water partition coefficient (Wildman–Crippen LogP) is 4.14. The molecule has 0 saturated carbocycles. The number of allylic oxidation sites excluding steroid dienone is 1. The van der Waals surface area contributed by atoms with Gasteiger partial charge in [0, 0.05) is 23.9 Å². The monoisotopic (exact) mass is 369 g/mol. The van der Waals surface area contributed by atoms with Crippen LogP contribution < -0.4 is 9.47 Å². The number of pyridine rings is 1. The number of hydrogen-bond acceptors (Lipinski definition) is 5. The Morgan fingerprint density at radius 2 is 1.71 bits per heavy atom. The maximum Gasteiger partial charge on any atom is 0.312 e. The van der Waals surface area contributed by atoms with Crippen LogP contribution in [-0.4, -0.2) is 16.7 Å². The number of carbonyl (C=O) groups excluding carboxylic acids is 2. The van der Waals surface area contributed by atoms with Gasteiger partial charge >= 0.3 is 5.97 Å². The minimum atomic E-state index is -0.307. The number of ether oxygens (including phenoxy) is 2. The predicted molar refractivity (Wildman–Crippen MR) is 102 cm³/mol. The Morgan fingerprint density at radius 3 is 2.50 bits per heavy atom. The maximum absolute atomic E-state index is 12.9. The molecule has 0 amide bonds. The number of esters is 1. The van der Waals surface area contributed by atoms with Crippen LogP contribution in [0.4, 0.5) is 0 Å². The summed E-state index contributed by atoms with van der Waals surface area (Å²) in [5, 5.41) is 0. The lowest BCUT2D eigenvalue weighted by Crippen LogP contribution is -2.21. The highest BCUT2D eigenvalue weighted by Gasteiger charge is 2.38. The second-order valence-corrected chi connectivity index (χ2v) is 6.72. The van der Waals surface area contributed by atoms with Gasteiger partial charge in [-0.2, -0.15) is 0 Å². The van der Waals surface area contributed by atoms with Crippen molar-refractivity contribution in [3.8, 4) is 11.5 Å².